The molecule has 0 aliphatic carbocycles. The van der Waals surface area contributed by atoms with E-state index in [0.717, 1.165) is 37.4 Å². The lowest BCUT2D eigenvalue weighted by Gasteiger charge is -2.16. The summed E-state index contributed by atoms with van der Waals surface area (Å²) >= 11 is 0. The second-order valence-corrected chi connectivity index (χ2v) is 5.01. The van der Waals surface area contributed by atoms with Crippen LogP contribution in [0.25, 0.3) is 0 Å². The van der Waals surface area contributed by atoms with Gasteiger partial charge in [-0.3, -0.25) is 0 Å². The number of benzene rings is 1. The van der Waals surface area contributed by atoms with Crippen molar-refractivity contribution in [3.05, 3.63) is 54.0 Å². The van der Waals surface area contributed by atoms with Crippen LogP contribution in [-0.2, 0) is 12.8 Å². The van der Waals surface area contributed by atoms with Crippen LogP contribution >= 0.6 is 0 Å². The third kappa shape index (κ3) is 4.42. The van der Waals surface area contributed by atoms with Crippen molar-refractivity contribution in [2.75, 3.05) is 20.2 Å². The van der Waals surface area contributed by atoms with Crippen molar-refractivity contribution in [3.8, 4) is 5.75 Å². The first-order chi connectivity index (χ1) is 9.81. The van der Waals surface area contributed by atoms with Crippen LogP contribution in [0.5, 0.6) is 5.75 Å². The third-order valence-electron chi connectivity index (χ3n) is 3.41. The lowest BCUT2D eigenvalue weighted by atomic mass is 9.95. The lowest BCUT2D eigenvalue weighted by molar-refractivity contribution is 0.408. The van der Waals surface area contributed by atoms with Crippen LogP contribution in [0.4, 0.5) is 0 Å². The SMILES string of the molecule is CCNCC(Cc1cccc(OC)c1)Cc1ccco1. The Hall–Kier alpha value is -1.74. The van der Waals surface area contributed by atoms with Gasteiger partial charge in [0.2, 0.25) is 0 Å². The summed E-state index contributed by atoms with van der Waals surface area (Å²) in [5.41, 5.74) is 1.30. The highest BCUT2D eigenvalue weighted by atomic mass is 16.5. The molecule has 1 unspecified atom stereocenters. The van der Waals surface area contributed by atoms with Gasteiger partial charge in [-0.25, -0.2) is 0 Å². The van der Waals surface area contributed by atoms with Crippen molar-refractivity contribution in [1.29, 1.82) is 0 Å². The van der Waals surface area contributed by atoms with Crippen molar-refractivity contribution in [3.63, 3.8) is 0 Å². The number of hydrogen-bond donors (Lipinski definition) is 1. The maximum atomic E-state index is 5.47. The summed E-state index contributed by atoms with van der Waals surface area (Å²) in [5, 5.41) is 3.44. The van der Waals surface area contributed by atoms with Crippen molar-refractivity contribution in [2.24, 2.45) is 5.92 Å². The number of ether oxygens (including phenoxy) is 1. The molecule has 108 valence electrons. The maximum Gasteiger partial charge on any atom is 0.119 e. The molecule has 2 rings (SSSR count). The van der Waals surface area contributed by atoms with Crippen LogP contribution in [0, 0.1) is 5.92 Å². The van der Waals surface area contributed by atoms with Crippen molar-refractivity contribution < 1.29 is 9.15 Å². The van der Waals surface area contributed by atoms with Gasteiger partial charge < -0.3 is 14.5 Å². The number of nitrogens with one attached hydrogen (secondary N) is 1. The lowest BCUT2D eigenvalue weighted by Crippen LogP contribution is -2.25. The quantitative estimate of drug-likeness (QED) is 0.801. The van der Waals surface area contributed by atoms with E-state index in [4.69, 9.17) is 9.15 Å². The normalized spacial score (nSPS) is 12.3. The Kier molecular flexibility index (Phi) is 5.69. The summed E-state index contributed by atoms with van der Waals surface area (Å²) in [6.45, 7) is 4.12. The first-order valence-electron chi connectivity index (χ1n) is 7.17. The van der Waals surface area contributed by atoms with Gasteiger partial charge in [0.05, 0.1) is 13.4 Å². The topological polar surface area (TPSA) is 34.4 Å². The Bertz CT molecular complexity index is 493. The third-order valence-corrected chi connectivity index (χ3v) is 3.41. The van der Waals surface area contributed by atoms with Crippen LogP contribution in [-0.4, -0.2) is 20.2 Å². The fourth-order valence-electron chi connectivity index (χ4n) is 2.41. The zero-order valence-corrected chi connectivity index (χ0v) is 12.3. The average molecular weight is 273 g/mol. The smallest absolute Gasteiger partial charge is 0.119 e. The van der Waals surface area contributed by atoms with E-state index in [-0.39, 0.29) is 0 Å². The average Bonchev–Trinajstić information content (AvgIpc) is 2.98. The zero-order chi connectivity index (χ0) is 14.2. The van der Waals surface area contributed by atoms with Crippen LogP contribution in [0.15, 0.2) is 47.1 Å². The van der Waals surface area contributed by atoms with Crippen LogP contribution in [0.1, 0.15) is 18.2 Å². The predicted molar refractivity (Wildman–Crippen MR) is 81.1 cm³/mol. The molecular weight excluding hydrogens is 250 g/mol. The number of rotatable bonds is 8. The van der Waals surface area contributed by atoms with E-state index in [0.29, 0.717) is 5.92 Å². The maximum absolute atomic E-state index is 5.47. The van der Waals surface area contributed by atoms with Gasteiger partial charge >= 0.3 is 0 Å². The molecule has 3 heteroatoms. The fraction of sp³-hybridized carbons (Fsp3) is 0.412. The largest absolute Gasteiger partial charge is 0.497 e. The minimum Gasteiger partial charge on any atom is -0.497 e. The van der Waals surface area contributed by atoms with Gasteiger partial charge in [-0.1, -0.05) is 19.1 Å². The highest BCUT2D eigenvalue weighted by Gasteiger charge is 2.12. The van der Waals surface area contributed by atoms with Crippen molar-refractivity contribution in [2.45, 2.75) is 19.8 Å². The summed E-state index contributed by atoms with van der Waals surface area (Å²) in [4.78, 5) is 0. The van der Waals surface area contributed by atoms with E-state index in [1.54, 1.807) is 13.4 Å². The molecule has 1 N–H and O–H groups in total. The number of furan rings is 1. The minimum absolute atomic E-state index is 0.521. The Morgan fingerprint density at radius 3 is 2.80 bits per heavy atom. The van der Waals surface area contributed by atoms with Gasteiger partial charge in [-0.2, -0.15) is 0 Å². The first kappa shape index (κ1) is 14.7. The summed E-state index contributed by atoms with van der Waals surface area (Å²) in [5.74, 6) is 2.49. The van der Waals surface area contributed by atoms with E-state index in [1.165, 1.54) is 5.56 Å². The van der Waals surface area contributed by atoms with Gasteiger partial charge in [0.15, 0.2) is 0 Å². The molecule has 3 nitrogen and oxygen atoms in total. The molecule has 1 aromatic heterocycles. The highest BCUT2D eigenvalue weighted by molar-refractivity contribution is 5.28. The number of methoxy groups -OCH3 is 1. The molecule has 2 aromatic rings. The molecule has 0 aliphatic rings. The predicted octanol–water partition coefficient (Wildman–Crippen LogP) is 3.30. The minimum atomic E-state index is 0.521. The molecule has 0 fully saturated rings. The van der Waals surface area contributed by atoms with E-state index >= 15 is 0 Å². The summed E-state index contributed by atoms with van der Waals surface area (Å²) < 4.78 is 10.8. The van der Waals surface area contributed by atoms with Gasteiger partial charge in [-0.05, 0) is 55.3 Å². The van der Waals surface area contributed by atoms with Crippen LogP contribution in [0.3, 0.4) is 0 Å². The second-order valence-electron chi connectivity index (χ2n) is 5.01. The monoisotopic (exact) mass is 273 g/mol. The fourth-order valence-corrected chi connectivity index (χ4v) is 2.41. The summed E-state index contributed by atoms with van der Waals surface area (Å²) in [6.07, 6.45) is 3.72. The van der Waals surface area contributed by atoms with Crippen molar-refractivity contribution >= 4 is 0 Å². The van der Waals surface area contributed by atoms with Crippen LogP contribution < -0.4 is 10.1 Å². The molecule has 0 saturated heterocycles. The standard InChI is InChI=1S/C17H23NO2/c1-3-18-13-15(12-17-8-5-9-20-17)10-14-6-4-7-16(11-14)19-2/h4-9,11,15,18H,3,10,12-13H2,1-2H3. The molecule has 1 heterocycles. The van der Waals surface area contributed by atoms with E-state index in [9.17, 15) is 0 Å². The van der Waals surface area contributed by atoms with Crippen LogP contribution in [0.2, 0.25) is 0 Å². The Morgan fingerprint density at radius 1 is 1.20 bits per heavy atom. The number of hydrogen-bond acceptors (Lipinski definition) is 3. The summed E-state index contributed by atoms with van der Waals surface area (Å²) in [6, 6.07) is 12.3. The molecular formula is C17H23NO2. The molecule has 1 aromatic carbocycles. The van der Waals surface area contributed by atoms with E-state index in [2.05, 4.69) is 24.4 Å². The first-order valence-corrected chi connectivity index (χ1v) is 7.17. The highest BCUT2D eigenvalue weighted by Crippen LogP contribution is 2.18. The van der Waals surface area contributed by atoms with E-state index in [1.807, 2.05) is 24.3 Å². The second kappa shape index (κ2) is 7.75. The molecule has 0 spiro atoms. The zero-order valence-electron chi connectivity index (χ0n) is 12.3. The molecule has 0 radical (unpaired) electrons. The Labute approximate surface area is 121 Å². The van der Waals surface area contributed by atoms with Crippen molar-refractivity contribution in [1.82, 2.24) is 5.32 Å². The van der Waals surface area contributed by atoms with Gasteiger partial charge in [0.1, 0.15) is 11.5 Å². The van der Waals surface area contributed by atoms with E-state index < -0.39 is 0 Å². The molecule has 0 aliphatic heterocycles. The van der Waals surface area contributed by atoms with Gasteiger partial charge in [-0.15, -0.1) is 0 Å². The molecule has 0 bridgehead atoms. The Morgan fingerprint density at radius 2 is 2.10 bits per heavy atom. The van der Waals surface area contributed by atoms with Gasteiger partial charge in [0, 0.05) is 6.42 Å². The molecule has 0 saturated carbocycles. The molecule has 20 heavy (non-hydrogen) atoms. The molecule has 0 amide bonds. The Balaban J connectivity index is 2.02. The molecule has 1 atom stereocenters. The van der Waals surface area contributed by atoms with Gasteiger partial charge in [0.25, 0.3) is 0 Å². The summed E-state index contributed by atoms with van der Waals surface area (Å²) in [7, 11) is 1.71.